The number of non-ortho nitro benzene ring substituents is 1. The maximum Gasteiger partial charge on any atom is 0.270 e. The highest BCUT2D eigenvalue weighted by Crippen LogP contribution is 2.16. The molecular formula is C19H15N3O5. The van der Waals surface area contributed by atoms with E-state index < -0.39 is 4.92 Å². The van der Waals surface area contributed by atoms with Crippen LogP contribution in [0.2, 0.25) is 0 Å². The number of nitrogens with zero attached hydrogens (tertiary/aromatic N) is 3. The van der Waals surface area contributed by atoms with E-state index in [0.29, 0.717) is 17.5 Å². The maximum absolute atomic E-state index is 12.2. The summed E-state index contributed by atoms with van der Waals surface area (Å²) in [5.41, 5.74) is 0.930. The molecule has 8 nitrogen and oxygen atoms in total. The van der Waals surface area contributed by atoms with Crippen molar-refractivity contribution in [2.45, 2.75) is 13.5 Å². The van der Waals surface area contributed by atoms with Crippen LogP contribution in [0.5, 0.6) is 5.75 Å². The zero-order chi connectivity index (χ0) is 19.2. The zero-order valence-corrected chi connectivity index (χ0v) is 14.4. The van der Waals surface area contributed by atoms with Crippen LogP contribution in [0.4, 0.5) is 5.69 Å². The number of carbonyl (C=O) groups is 1. The summed E-state index contributed by atoms with van der Waals surface area (Å²) in [6, 6.07) is 12.7. The number of allylic oxidation sites excluding steroid dienone is 1. The van der Waals surface area contributed by atoms with Crippen molar-refractivity contribution in [1.82, 2.24) is 10.1 Å². The van der Waals surface area contributed by atoms with Crippen LogP contribution in [0.1, 0.15) is 27.6 Å². The van der Waals surface area contributed by atoms with Gasteiger partial charge in [-0.1, -0.05) is 35.5 Å². The molecule has 0 aliphatic heterocycles. The zero-order valence-electron chi connectivity index (χ0n) is 14.4. The van der Waals surface area contributed by atoms with Gasteiger partial charge in [0.25, 0.3) is 5.69 Å². The molecule has 0 saturated heterocycles. The number of nitro groups is 1. The summed E-state index contributed by atoms with van der Waals surface area (Å²) in [4.78, 5) is 26.5. The Bertz CT molecular complexity index is 993. The van der Waals surface area contributed by atoms with Gasteiger partial charge in [-0.3, -0.25) is 14.9 Å². The van der Waals surface area contributed by atoms with Gasteiger partial charge < -0.3 is 9.26 Å². The molecule has 1 aromatic heterocycles. The van der Waals surface area contributed by atoms with E-state index in [4.69, 9.17) is 9.26 Å². The Balaban J connectivity index is 1.61. The van der Waals surface area contributed by atoms with Gasteiger partial charge in [0.15, 0.2) is 12.4 Å². The van der Waals surface area contributed by atoms with Gasteiger partial charge in [-0.2, -0.15) is 4.98 Å². The third-order valence-electron chi connectivity index (χ3n) is 3.59. The minimum absolute atomic E-state index is 0.118. The van der Waals surface area contributed by atoms with Gasteiger partial charge in [-0.15, -0.1) is 0 Å². The summed E-state index contributed by atoms with van der Waals surface area (Å²) in [5, 5.41) is 14.5. The molecule has 3 rings (SSSR count). The van der Waals surface area contributed by atoms with E-state index in [1.807, 2.05) is 0 Å². The number of carbonyl (C=O) groups excluding carboxylic acids is 1. The fraction of sp³-hybridized carbons (Fsp3) is 0.105. The van der Waals surface area contributed by atoms with Crippen LogP contribution in [0.3, 0.4) is 0 Å². The van der Waals surface area contributed by atoms with E-state index in [-0.39, 0.29) is 23.6 Å². The molecule has 0 unspecified atom stereocenters. The van der Waals surface area contributed by atoms with Gasteiger partial charge >= 0.3 is 0 Å². The highest BCUT2D eigenvalue weighted by molar-refractivity contribution is 6.07. The quantitative estimate of drug-likeness (QED) is 0.271. The van der Waals surface area contributed by atoms with Crippen LogP contribution in [0.25, 0.3) is 6.08 Å². The molecule has 0 aliphatic carbocycles. The molecule has 0 N–H and O–H groups in total. The molecule has 2 aromatic carbocycles. The van der Waals surface area contributed by atoms with Crippen molar-refractivity contribution in [1.29, 1.82) is 0 Å². The summed E-state index contributed by atoms with van der Waals surface area (Å²) in [5.74, 6) is 1.24. The summed E-state index contributed by atoms with van der Waals surface area (Å²) in [7, 11) is 0. The Hall–Kier alpha value is -3.81. The first-order chi connectivity index (χ1) is 13.0. The minimum atomic E-state index is -0.533. The Labute approximate surface area is 154 Å². The fourth-order valence-electron chi connectivity index (χ4n) is 2.26. The average molecular weight is 365 g/mol. The Morgan fingerprint density at radius 2 is 2.04 bits per heavy atom. The van der Waals surface area contributed by atoms with Crippen molar-refractivity contribution in [3.8, 4) is 5.75 Å². The van der Waals surface area contributed by atoms with E-state index in [2.05, 4.69) is 10.1 Å². The lowest BCUT2D eigenvalue weighted by atomic mass is 10.1. The predicted molar refractivity (Wildman–Crippen MR) is 96.3 cm³/mol. The molecule has 0 atom stereocenters. The van der Waals surface area contributed by atoms with Crippen LogP contribution in [0, 0.1) is 17.0 Å². The summed E-state index contributed by atoms with van der Waals surface area (Å²) in [6.07, 6.45) is 3.00. The second-order valence-corrected chi connectivity index (χ2v) is 5.59. The number of hydrogen-bond acceptors (Lipinski definition) is 7. The van der Waals surface area contributed by atoms with E-state index >= 15 is 0 Å². The SMILES string of the molecule is Cc1nc(COc2ccc(/C=C/C(=O)c3cccc([N+](=O)[O-])c3)cc2)no1. The monoisotopic (exact) mass is 365 g/mol. The molecule has 0 bridgehead atoms. The first kappa shape index (κ1) is 18.0. The van der Waals surface area contributed by atoms with Crippen LogP contribution in [0.15, 0.2) is 59.1 Å². The van der Waals surface area contributed by atoms with Gasteiger partial charge in [0.1, 0.15) is 5.75 Å². The Kier molecular flexibility index (Phi) is 5.36. The normalized spacial score (nSPS) is 10.9. The highest BCUT2D eigenvalue weighted by Gasteiger charge is 2.09. The molecular weight excluding hydrogens is 350 g/mol. The minimum Gasteiger partial charge on any atom is -0.485 e. The number of aryl methyl sites for hydroxylation is 1. The van der Waals surface area contributed by atoms with E-state index in [0.717, 1.165) is 5.56 Å². The van der Waals surface area contributed by atoms with E-state index in [9.17, 15) is 14.9 Å². The Morgan fingerprint density at radius 1 is 1.26 bits per heavy atom. The topological polar surface area (TPSA) is 108 Å². The van der Waals surface area contributed by atoms with Gasteiger partial charge in [0.2, 0.25) is 11.7 Å². The molecule has 3 aromatic rings. The van der Waals surface area contributed by atoms with Gasteiger partial charge in [0.05, 0.1) is 4.92 Å². The lowest BCUT2D eigenvalue weighted by Crippen LogP contribution is -1.97. The van der Waals surface area contributed by atoms with Gasteiger partial charge in [-0.25, -0.2) is 0 Å². The first-order valence-electron chi connectivity index (χ1n) is 8.00. The molecule has 0 radical (unpaired) electrons. The van der Waals surface area contributed by atoms with Crippen molar-refractivity contribution in [3.05, 3.63) is 87.6 Å². The summed E-state index contributed by atoms with van der Waals surface area (Å²) in [6.45, 7) is 1.89. The standard InChI is InChI=1S/C19H15N3O5/c1-13-20-19(21-27-13)12-26-17-8-5-14(6-9-17)7-10-18(23)15-3-2-4-16(11-15)22(24)25/h2-11H,12H2,1H3/b10-7+. The molecule has 0 spiro atoms. The third-order valence-corrected chi connectivity index (χ3v) is 3.59. The highest BCUT2D eigenvalue weighted by atomic mass is 16.6. The second-order valence-electron chi connectivity index (χ2n) is 5.59. The average Bonchev–Trinajstić information content (AvgIpc) is 3.10. The molecule has 136 valence electrons. The number of ether oxygens (including phenoxy) is 1. The summed E-state index contributed by atoms with van der Waals surface area (Å²) >= 11 is 0. The van der Waals surface area contributed by atoms with Crippen molar-refractivity contribution in [2.24, 2.45) is 0 Å². The summed E-state index contributed by atoms with van der Waals surface area (Å²) < 4.78 is 10.4. The molecule has 0 saturated carbocycles. The number of hydrogen-bond donors (Lipinski definition) is 0. The van der Waals surface area contributed by atoms with E-state index in [1.165, 1.54) is 30.3 Å². The molecule has 27 heavy (non-hydrogen) atoms. The van der Waals surface area contributed by atoms with Crippen molar-refractivity contribution >= 4 is 17.5 Å². The number of rotatable bonds is 7. The predicted octanol–water partition coefficient (Wildman–Crippen LogP) is 3.76. The van der Waals surface area contributed by atoms with Gasteiger partial charge in [0, 0.05) is 24.6 Å². The number of aromatic nitrogens is 2. The van der Waals surface area contributed by atoms with Crippen molar-refractivity contribution in [3.63, 3.8) is 0 Å². The maximum atomic E-state index is 12.2. The molecule has 0 amide bonds. The lowest BCUT2D eigenvalue weighted by molar-refractivity contribution is -0.384. The molecule has 0 fully saturated rings. The van der Waals surface area contributed by atoms with Crippen molar-refractivity contribution < 1.29 is 19.0 Å². The Morgan fingerprint density at radius 3 is 2.70 bits per heavy atom. The number of benzene rings is 2. The molecule has 0 aliphatic rings. The van der Waals surface area contributed by atoms with E-state index in [1.54, 1.807) is 37.3 Å². The first-order valence-corrected chi connectivity index (χ1v) is 8.00. The smallest absolute Gasteiger partial charge is 0.270 e. The second kappa shape index (κ2) is 8.05. The third kappa shape index (κ3) is 4.85. The van der Waals surface area contributed by atoms with Crippen LogP contribution >= 0.6 is 0 Å². The van der Waals surface area contributed by atoms with Crippen LogP contribution in [-0.2, 0) is 6.61 Å². The lowest BCUT2D eigenvalue weighted by Gasteiger charge is -2.03. The van der Waals surface area contributed by atoms with Crippen molar-refractivity contribution in [2.75, 3.05) is 0 Å². The number of ketones is 1. The molecule has 1 heterocycles. The van der Waals surface area contributed by atoms with Crippen LogP contribution in [-0.4, -0.2) is 20.8 Å². The van der Waals surface area contributed by atoms with Gasteiger partial charge in [-0.05, 0) is 23.8 Å². The largest absolute Gasteiger partial charge is 0.485 e. The fourth-order valence-corrected chi connectivity index (χ4v) is 2.26. The van der Waals surface area contributed by atoms with Crippen LogP contribution < -0.4 is 4.74 Å². The number of nitro benzene ring substituents is 1. The molecule has 8 heteroatoms.